The van der Waals surface area contributed by atoms with Gasteiger partial charge in [-0.15, -0.1) is 0 Å². The van der Waals surface area contributed by atoms with E-state index in [0.29, 0.717) is 17.5 Å². The Bertz CT molecular complexity index is 798. The number of benzene rings is 2. The van der Waals surface area contributed by atoms with E-state index in [4.69, 9.17) is 11.6 Å². The van der Waals surface area contributed by atoms with Crippen LogP contribution in [0.25, 0.3) is 0 Å². The van der Waals surface area contributed by atoms with Gasteiger partial charge in [-0.25, -0.2) is 4.39 Å². The van der Waals surface area contributed by atoms with Gasteiger partial charge < -0.3 is 4.90 Å². The third-order valence-corrected chi connectivity index (χ3v) is 5.69. The van der Waals surface area contributed by atoms with Crippen LogP contribution in [0, 0.1) is 11.7 Å². The van der Waals surface area contributed by atoms with Crippen LogP contribution in [0.2, 0.25) is 5.02 Å². The molecule has 5 heteroatoms. The predicted molar refractivity (Wildman–Crippen MR) is 101 cm³/mol. The van der Waals surface area contributed by atoms with E-state index in [-0.39, 0.29) is 17.5 Å². The van der Waals surface area contributed by atoms with Gasteiger partial charge in [0, 0.05) is 37.2 Å². The van der Waals surface area contributed by atoms with E-state index in [1.165, 1.54) is 23.8 Å². The van der Waals surface area contributed by atoms with Gasteiger partial charge in [-0.3, -0.25) is 9.69 Å². The number of hydrogen-bond donors (Lipinski definition) is 0. The van der Waals surface area contributed by atoms with Crippen LogP contribution in [0.1, 0.15) is 28.8 Å². The van der Waals surface area contributed by atoms with Gasteiger partial charge >= 0.3 is 0 Å². The molecular formula is C21H22ClFN2O. The second-order valence-electron chi connectivity index (χ2n) is 7.36. The summed E-state index contributed by atoms with van der Waals surface area (Å²) in [6.45, 7) is 3.40. The van der Waals surface area contributed by atoms with Crippen LogP contribution in [0.4, 0.5) is 4.39 Å². The lowest BCUT2D eigenvalue weighted by Crippen LogP contribution is -2.47. The monoisotopic (exact) mass is 372 g/mol. The molecule has 0 radical (unpaired) electrons. The van der Waals surface area contributed by atoms with Crippen LogP contribution in [-0.2, 0) is 6.54 Å². The number of piperidine rings is 1. The van der Waals surface area contributed by atoms with Gasteiger partial charge in [-0.2, -0.15) is 0 Å². The summed E-state index contributed by atoms with van der Waals surface area (Å²) in [7, 11) is 0. The molecule has 2 atom stereocenters. The zero-order chi connectivity index (χ0) is 18.1. The second-order valence-corrected chi connectivity index (χ2v) is 7.79. The predicted octanol–water partition coefficient (Wildman–Crippen LogP) is 4.22. The van der Waals surface area contributed by atoms with E-state index in [2.05, 4.69) is 29.2 Å². The topological polar surface area (TPSA) is 23.6 Å². The summed E-state index contributed by atoms with van der Waals surface area (Å²) in [5.74, 6) is -0.300. The van der Waals surface area contributed by atoms with Crippen LogP contribution < -0.4 is 0 Å². The molecule has 1 amide bonds. The van der Waals surface area contributed by atoms with E-state index in [1.807, 2.05) is 11.0 Å². The highest BCUT2D eigenvalue weighted by atomic mass is 35.5. The molecule has 3 saturated heterocycles. The minimum Gasteiger partial charge on any atom is -0.334 e. The number of carbonyl (C=O) groups is 1. The molecule has 3 nitrogen and oxygen atoms in total. The number of fused-ring (bicyclic) bond motifs is 4. The number of nitrogens with zero attached hydrogens (tertiary/aromatic N) is 2. The molecule has 26 heavy (non-hydrogen) atoms. The third-order valence-electron chi connectivity index (χ3n) is 5.46. The van der Waals surface area contributed by atoms with Crippen molar-refractivity contribution in [3.8, 4) is 0 Å². The first-order valence-corrected chi connectivity index (χ1v) is 9.50. The largest absolute Gasteiger partial charge is 0.334 e. The van der Waals surface area contributed by atoms with Crippen LogP contribution in [0.15, 0.2) is 48.5 Å². The molecule has 0 aromatic heterocycles. The van der Waals surface area contributed by atoms with E-state index in [9.17, 15) is 9.18 Å². The van der Waals surface area contributed by atoms with E-state index < -0.39 is 5.82 Å². The zero-order valence-electron chi connectivity index (χ0n) is 14.6. The molecule has 3 aliphatic heterocycles. The van der Waals surface area contributed by atoms with E-state index in [1.54, 1.807) is 0 Å². The van der Waals surface area contributed by atoms with E-state index >= 15 is 0 Å². The Balaban J connectivity index is 1.53. The molecule has 0 N–H and O–H groups in total. The lowest BCUT2D eigenvalue weighted by molar-refractivity contribution is 0.0580. The molecule has 0 aliphatic carbocycles. The van der Waals surface area contributed by atoms with Crippen molar-refractivity contribution < 1.29 is 9.18 Å². The molecule has 136 valence electrons. The van der Waals surface area contributed by atoms with Gasteiger partial charge in [-0.05, 0) is 42.5 Å². The molecular weight excluding hydrogens is 351 g/mol. The number of hydrogen-bond acceptors (Lipinski definition) is 2. The Morgan fingerprint density at radius 1 is 1.08 bits per heavy atom. The summed E-state index contributed by atoms with van der Waals surface area (Å²) in [6, 6.07) is 14.7. The molecule has 5 rings (SSSR count). The maximum absolute atomic E-state index is 14.2. The fraction of sp³-hybridized carbons (Fsp3) is 0.381. The van der Waals surface area contributed by atoms with Crippen LogP contribution in [0.5, 0.6) is 0 Å². The number of amides is 1. The van der Waals surface area contributed by atoms with Crippen molar-refractivity contribution in [3.63, 3.8) is 0 Å². The Morgan fingerprint density at radius 2 is 1.88 bits per heavy atom. The molecule has 0 saturated carbocycles. The first-order valence-electron chi connectivity index (χ1n) is 9.12. The fourth-order valence-corrected chi connectivity index (χ4v) is 4.39. The molecule has 3 heterocycles. The number of halogens is 2. The second kappa shape index (κ2) is 7.37. The van der Waals surface area contributed by atoms with Gasteiger partial charge in [0.25, 0.3) is 5.91 Å². The molecule has 3 fully saturated rings. The maximum atomic E-state index is 14.2. The highest BCUT2D eigenvalue weighted by molar-refractivity contribution is 6.31. The Hall–Kier alpha value is -1.91. The zero-order valence-corrected chi connectivity index (χ0v) is 15.3. The van der Waals surface area contributed by atoms with Crippen molar-refractivity contribution in [1.82, 2.24) is 9.80 Å². The Kier molecular flexibility index (Phi) is 4.96. The first-order chi connectivity index (χ1) is 12.6. The lowest BCUT2D eigenvalue weighted by Gasteiger charge is -2.36. The van der Waals surface area contributed by atoms with Crippen molar-refractivity contribution in [1.29, 1.82) is 0 Å². The van der Waals surface area contributed by atoms with Gasteiger partial charge in [-0.1, -0.05) is 41.9 Å². The summed E-state index contributed by atoms with van der Waals surface area (Å²) in [5.41, 5.74) is 1.37. The van der Waals surface area contributed by atoms with Gasteiger partial charge in [0.15, 0.2) is 0 Å². The van der Waals surface area contributed by atoms with E-state index in [0.717, 1.165) is 32.5 Å². The van der Waals surface area contributed by atoms with Crippen molar-refractivity contribution in [2.45, 2.75) is 25.4 Å². The highest BCUT2D eigenvalue weighted by Crippen LogP contribution is 2.30. The van der Waals surface area contributed by atoms with Crippen LogP contribution in [-0.4, -0.2) is 41.4 Å². The normalized spacial score (nSPS) is 23.1. The molecule has 2 aromatic rings. The molecule has 0 spiro atoms. The summed E-state index contributed by atoms with van der Waals surface area (Å²) in [5, 5.41) is 0.389. The maximum Gasteiger partial charge on any atom is 0.257 e. The highest BCUT2D eigenvalue weighted by Gasteiger charge is 2.38. The van der Waals surface area contributed by atoms with Gasteiger partial charge in [0.2, 0.25) is 0 Å². The lowest BCUT2D eigenvalue weighted by atomic mass is 9.94. The fourth-order valence-electron chi connectivity index (χ4n) is 4.21. The van der Waals surface area contributed by atoms with Gasteiger partial charge in [0.1, 0.15) is 5.82 Å². The first kappa shape index (κ1) is 17.5. The quantitative estimate of drug-likeness (QED) is 0.805. The summed E-state index contributed by atoms with van der Waals surface area (Å²) in [6.07, 6.45) is 2.10. The average Bonchev–Trinajstić information content (AvgIpc) is 2.94. The summed E-state index contributed by atoms with van der Waals surface area (Å²) < 4.78 is 14.2. The summed E-state index contributed by atoms with van der Waals surface area (Å²) in [4.78, 5) is 17.3. The van der Waals surface area contributed by atoms with Gasteiger partial charge in [0.05, 0.1) is 5.56 Å². The minimum atomic E-state index is -0.499. The van der Waals surface area contributed by atoms with Crippen LogP contribution >= 0.6 is 11.6 Å². The van der Waals surface area contributed by atoms with Crippen molar-refractivity contribution in [3.05, 3.63) is 70.5 Å². The Morgan fingerprint density at radius 3 is 2.69 bits per heavy atom. The Labute approximate surface area is 158 Å². The summed E-state index contributed by atoms with van der Waals surface area (Å²) >= 11 is 5.98. The molecule has 3 aliphatic rings. The van der Waals surface area contributed by atoms with Crippen molar-refractivity contribution in [2.75, 3.05) is 19.6 Å². The smallest absolute Gasteiger partial charge is 0.257 e. The third kappa shape index (κ3) is 3.62. The molecule has 2 aromatic carbocycles. The number of rotatable bonds is 3. The average molecular weight is 373 g/mol. The number of carbonyl (C=O) groups excluding carboxylic acids is 1. The molecule has 2 bridgehead atoms. The SMILES string of the molecule is O=C(c1cc(Cl)ccc1F)N1C[C@H]2CC[C@@H]1CN(Cc1ccccc1)C2. The van der Waals surface area contributed by atoms with Crippen LogP contribution in [0.3, 0.4) is 0 Å². The molecule has 0 unspecified atom stereocenters. The van der Waals surface area contributed by atoms with Crippen molar-refractivity contribution in [2.24, 2.45) is 5.92 Å². The standard InChI is InChI=1S/C21H22ClFN2O/c22-17-7-9-20(23)19(10-17)21(26)25-13-16-6-8-18(25)14-24(12-16)11-15-4-2-1-3-5-15/h1-5,7,9-10,16,18H,6,8,11-14H2/t16-,18+/m0/s1. The minimum absolute atomic E-state index is 0.0830. The van der Waals surface area contributed by atoms with Crippen molar-refractivity contribution >= 4 is 17.5 Å².